The maximum absolute atomic E-state index is 4.70. The third-order valence-electron chi connectivity index (χ3n) is 3.01. The van der Waals surface area contributed by atoms with Crippen LogP contribution in [0.3, 0.4) is 0 Å². The van der Waals surface area contributed by atoms with E-state index in [4.69, 9.17) is 4.98 Å². The molecule has 3 aromatic rings. The van der Waals surface area contributed by atoms with Crippen molar-refractivity contribution >= 4 is 19.4 Å². The van der Waals surface area contributed by atoms with E-state index in [2.05, 4.69) is 29.5 Å². The standard InChI is InChI=1S/C15H15N3.2CH4.B/c1-11(2)18-14-9-4-3-7-12(14)17-15(18)13-8-5-6-10-16-13;;;/h3-11H,1-2H3;2*1H4;. The maximum atomic E-state index is 4.70. The Morgan fingerprint density at radius 1 is 0.952 bits per heavy atom. The molecule has 3 nitrogen and oxygen atoms in total. The van der Waals surface area contributed by atoms with E-state index in [9.17, 15) is 0 Å². The van der Waals surface area contributed by atoms with Gasteiger partial charge in [-0.15, -0.1) is 0 Å². The van der Waals surface area contributed by atoms with Gasteiger partial charge >= 0.3 is 0 Å². The van der Waals surface area contributed by atoms with E-state index in [1.165, 1.54) is 0 Å². The number of para-hydroxylation sites is 2. The molecular weight excluding hydrogens is 257 g/mol. The van der Waals surface area contributed by atoms with E-state index in [1.807, 2.05) is 36.4 Å². The molecule has 0 fully saturated rings. The van der Waals surface area contributed by atoms with Gasteiger partial charge < -0.3 is 4.57 Å². The minimum atomic E-state index is 0. The molecule has 0 spiro atoms. The molecule has 0 saturated carbocycles. The van der Waals surface area contributed by atoms with Crippen LogP contribution in [0.4, 0.5) is 0 Å². The Labute approximate surface area is 129 Å². The van der Waals surface area contributed by atoms with Crippen molar-refractivity contribution < 1.29 is 0 Å². The molecule has 109 valence electrons. The van der Waals surface area contributed by atoms with Gasteiger partial charge in [-0.25, -0.2) is 4.98 Å². The van der Waals surface area contributed by atoms with Gasteiger partial charge in [-0.2, -0.15) is 0 Å². The highest BCUT2D eigenvalue weighted by Gasteiger charge is 2.14. The minimum absolute atomic E-state index is 0. The first-order valence-electron chi connectivity index (χ1n) is 6.16. The second kappa shape index (κ2) is 7.62. The summed E-state index contributed by atoms with van der Waals surface area (Å²) in [5, 5.41) is 0. The number of pyridine rings is 1. The Hall–Kier alpha value is -2.10. The Kier molecular flexibility index (Phi) is 6.86. The van der Waals surface area contributed by atoms with Crippen molar-refractivity contribution in [3.63, 3.8) is 0 Å². The highest BCUT2D eigenvalue weighted by atomic mass is 15.1. The SMILES string of the molecule is C.C.CC(C)n1c(-c2ccccn2)nc2ccccc21.[B]. The van der Waals surface area contributed by atoms with Crippen molar-refractivity contribution in [2.24, 2.45) is 0 Å². The molecule has 0 saturated heterocycles. The van der Waals surface area contributed by atoms with E-state index in [1.54, 1.807) is 6.20 Å². The summed E-state index contributed by atoms with van der Waals surface area (Å²) in [6.07, 6.45) is 1.80. The van der Waals surface area contributed by atoms with Crippen LogP contribution >= 0.6 is 0 Å². The van der Waals surface area contributed by atoms with Crippen molar-refractivity contribution in [2.45, 2.75) is 34.7 Å². The van der Waals surface area contributed by atoms with Crippen molar-refractivity contribution in [2.75, 3.05) is 0 Å². The molecule has 21 heavy (non-hydrogen) atoms. The van der Waals surface area contributed by atoms with Crippen LogP contribution in [0.2, 0.25) is 0 Å². The predicted molar refractivity (Wildman–Crippen MR) is 92.6 cm³/mol. The van der Waals surface area contributed by atoms with Crippen LogP contribution in [0.25, 0.3) is 22.6 Å². The van der Waals surface area contributed by atoms with Crippen LogP contribution in [-0.4, -0.2) is 22.9 Å². The molecule has 0 bridgehead atoms. The third kappa shape index (κ3) is 3.33. The fourth-order valence-corrected chi connectivity index (χ4v) is 2.24. The first kappa shape index (κ1) is 18.9. The van der Waals surface area contributed by atoms with Crippen molar-refractivity contribution in [3.8, 4) is 11.5 Å². The van der Waals surface area contributed by atoms with E-state index in [0.29, 0.717) is 6.04 Å². The number of benzene rings is 1. The maximum Gasteiger partial charge on any atom is 0.160 e. The topological polar surface area (TPSA) is 30.7 Å². The summed E-state index contributed by atoms with van der Waals surface area (Å²) in [7, 11) is 0. The predicted octanol–water partition coefficient (Wildman–Crippen LogP) is 4.57. The normalized spacial score (nSPS) is 9.67. The highest BCUT2D eigenvalue weighted by molar-refractivity contribution is 5.80. The molecule has 0 aliphatic heterocycles. The average molecular weight is 280 g/mol. The van der Waals surface area contributed by atoms with Gasteiger partial charge in [-0.05, 0) is 38.1 Å². The van der Waals surface area contributed by atoms with Crippen molar-refractivity contribution in [1.29, 1.82) is 0 Å². The number of hydrogen-bond donors (Lipinski definition) is 0. The van der Waals surface area contributed by atoms with Gasteiger partial charge in [0.25, 0.3) is 0 Å². The van der Waals surface area contributed by atoms with Crippen LogP contribution in [-0.2, 0) is 0 Å². The molecule has 0 aliphatic rings. The van der Waals surface area contributed by atoms with Gasteiger partial charge in [0.1, 0.15) is 5.69 Å². The largest absolute Gasteiger partial charge is 0.320 e. The fourth-order valence-electron chi connectivity index (χ4n) is 2.24. The molecule has 2 aromatic heterocycles. The van der Waals surface area contributed by atoms with Crippen LogP contribution in [0.1, 0.15) is 34.7 Å². The average Bonchev–Trinajstić information content (AvgIpc) is 2.79. The Morgan fingerprint density at radius 3 is 2.24 bits per heavy atom. The summed E-state index contributed by atoms with van der Waals surface area (Å²) in [5.41, 5.74) is 3.10. The van der Waals surface area contributed by atoms with Gasteiger partial charge in [0.15, 0.2) is 5.82 Å². The Morgan fingerprint density at radius 2 is 1.62 bits per heavy atom. The smallest absolute Gasteiger partial charge is 0.160 e. The molecule has 3 rings (SSSR count). The molecule has 3 radical (unpaired) electrons. The lowest BCUT2D eigenvalue weighted by atomic mass is 10.3. The number of rotatable bonds is 2. The fraction of sp³-hybridized carbons (Fsp3) is 0.294. The highest BCUT2D eigenvalue weighted by Crippen LogP contribution is 2.26. The summed E-state index contributed by atoms with van der Waals surface area (Å²) < 4.78 is 2.23. The summed E-state index contributed by atoms with van der Waals surface area (Å²) >= 11 is 0. The Balaban J connectivity index is 0.00000133. The van der Waals surface area contributed by atoms with Crippen LogP contribution < -0.4 is 0 Å². The zero-order valence-corrected chi connectivity index (χ0v) is 11.1. The van der Waals surface area contributed by atoms with Crippen LogP contribution in [0, 0.1) is 0 Å². The summed E-state index contributed by atoms with van der Waals surface area (Å²) in [6.45, 7) is 4.33. The lowest BCUT2D eigenvalue weighted by Crippen LogP contribution is -2.03. The lowest BCUT2D eigenvalue weighted by Gasteiger charge is -2.12. The zero-order chi connectivity index (χ0) is 12.5. The third-order valence-corrected chi connectivity index (χ3v) is 3.01. The van der Waals surface area contributed by atoms with Gasteiger partial charge in [0.05, 0.1) is 11.0 Å². The Bertz CT molecular complexity index is 675. The van der Waals surface area contributed by atoms with E-state index in [-0.39, 0.29) is 23.3 Å². The molecular formula is C17H23BN3. The van der Waals surface area contributed by atoms with Crippen LogP contribution in [0.15, 0.2) is 48.7 Å². The van der Waals surface area contributed by atoms with E-state index >= 15 is 0 Å². The molecule has 0 aliphatic carbocycles. The van der Waals surface area contributed by atoms with Crippen molar-refractivity contribution in [1.82, 2.24) is 14.5 Å². The molecule has 4 heteroatoms. The molecule has 0 amide bonds. The lowest BCUT2D eigenvalue weighted by molar-refractivity contribution is 0.623. The van der Waals surface area contributed by atoms with Gasteiger partial charge in [0, 0.05) is 20.7 Å². The summed E-state index contributed by atoms with van der Waals surface area (Å²) in [4.78, 5) is 9.11. The molecule has 0 N–H and O–H groups in total. The summed E-state index contributed by atoms with van der Waals surface area (Å²) in [6, 6.07) is 14.5. The molecule has 0 unspecified atom stereocenters. The number of fused-ring (bicyclic) bond motifs is 1. The van der Waals surface area contributed by atoms with Gasteiger partial charge in [0.2, 0.25) is 0 Å². The monoisotopic (exact) mass is 280 g/mol. The van der Waals surface area contributed by atoms with Gasteiger partial charge in [-0.1, -0.05) is 33.1 Å². The molecule has 1 aromatic carbocycles. The number of hydrogen-bond acceptors (Lipinski definition) is 2. The van der Waals surface area contributed by atoms with Gasteiger partial charge in [-0.3, -0.25) is 4.98 Å². The number of nitrogens with zero attached hydrogens (tertiary/aromatic N) is 3. The van der Waals surface area contributed by atoms with Crippen LogP contribution in [0.5, 0.6) is 0 Å². The quantitative estimate of drug-likeness (QED) is 0.644. The second-order valence-corrected chi connectivity index (χ2v) is 4.60. The number of imidazole rings is 1. The molecule has 0 atom stereocenters. The second-order valence-electron chi connectivity index (χ2n) is 4.60. The van der Waals surface area contributed by atoms with Crippen molar-refractivity contribution in [3.05, 3.63) is 48.7 Å². The minimum Gasteiger partial charge on any atom is -0.320 e. The first-order chi connectivity index (χ1) is 8.77. The molecule has 2 heterocycles. The van der Waals surface area contributed by atoms with E-state index < -0.39 is 0 Å². The van der Waals surface area contributed by atoms with E-state index in [0.717, 1.165) is 22.6 Å². The first-order valence-corrected chi connectivity index (χ1v) is 6.16. The number of aromatic nitrogens is 3. The summed E-state index contributed by atoms with van der Waals surface area (Å²) in [5.74, 6) is 0.937. The zero-order valence-electron chi connectivity index (χ0n) is 11.1.